The van der Waals surface area contributed by atoms with Crippen LogP contribution in [-0.2, 0) is 6.54 Å². The van der Waals surface area contributed by atoms with E-state index in [0.29, 0.717) is 6.04 Å². The Labute approximate surface area is 161 Å². The van der Waals surface area contributed by atoms with Crippen LogP contribution in [0.2, 0.25) is 0 Å². The van der Waals surface area contributed by atoms with Gasteiger partial charge in [0.15, 0.2) is 0 Å². The molecule has 0 aliphatic carbocycles. The summed E-state index contributed by atoms with van der Waals surface area (Å²) in [5.41, 5.74) is 2.11. The number of hydrogen-bond acceptors (Lipinski definition) is 7. The Hall–Kier alpha value is -2.06. The molecule has 27 heavy (non-hydrogen) atoms. The van der Waals surface area contributed by atoms with Gasteiger partial charge in [0, 0.05) is 63.2 Å². The first-order valence-electron chi connectivity index (χ1n) is 10.0. The van der Waals surface area contributed by atoms with Gasteiger partial charge in [0.25, 0.3) is 0 Å². The van der Waals surface area contributed by atoms with Gasteiger partial charge in [-0.3, -0.25) is 14.5 Å². The van der Waals surface area contributed by atoms with E-state index < -0.39 is 0 Å². The van der Waals surface area contributed by atoms with Crippen LogP contribution in [0.3, 0.4) is 0 Å². The zero-order valence-corrected chi connectivity index (χ0v) is 16.5. The van der Waals surface area contributed by atoms with Crippen molar-refractivity contribution in [1.82, 2.24) is 34.5 Å². The normalized spacial score (nSPS) is 20.3. The van der Waals surface area contributed by atoms with Crippen LogP contribution in [0.4, 0.5) is 5.95 Å². The SMILES string of the molecule is Cc1cc(C)nc(N2CCC(N3CCN(CCn4cncn4)CC3)CC2)n1. The Morgan fingerprint density at radius 2 is 1.63 bits per heavy atom. The topological polar surface area (TPSA) is 66.2 Å². The van der Waals surface area contributed by atoms with Crippen molar-refractivity contribution in [1.29, 1.82) is 0 Å². The van der Waals surface area contributed by atoms with Gasteiger partial charge in [-0.1, -0.05) is 0 Å². The molecule has 0 aromatic carbocycles. The van der Waals surface area contributed by atoms with Crippen LogP contribution in [0.15, 0.2) is 18.7 Å². The van der Waals surface area contributed by atoms with Gasteiger partial charge in [-0.15, -0.1) is 0 Å². The molecule has 4 heterocycles. The fourth-order valence-electron chi connectivity index (χ4n) is 4.22. The van der Waals surface area contributed by atoms with E-state index in [1.165, 1.54) is 25.9 Å². The summed E-state index contributed by atoms with van der Waals surface area (Å²) in [6, 6.07) is 2.74. The summed E-state index contributed by atoms with van der Waals surface area (Å²) >= 11 is 0. The van der Waals surface area contributed by atoms with Crippen LogP contribution < -0.4 is 4.90 Å². The molecule has 2 aliphatic rings. The zero-order valence-electron chi connectivity index (χ0n) is 16.5. The summed E-state index contributed by atoms with van der Waals surface area (Å²) in [6.07, 6.45) is 5.81. The molecule has 2 aromatic rings. The van der Waals surface area contributed by atoms with E-state index >= 15 is 0 Å². The van der Waals surface area contributed by atoms with Crippen LogP contribution in [0.1, 0.15) is 24.2 Å². The van der Waals surface area contributed by atoms with Gasteiger partial charge in [0.2, 0.25) is 5.95 Å². The highest BCUT2D eigenvalue weighted by atomic mass is 15.3. The molecule has 146 valence electrons. The predicted octanol–water partition coefficient (Wildman–Crippen LogP) is 0.972. The minimum absolute atomic E-state index is 0.699. The Kier molecular flexibility index (Phi) is 5.63. The van der Waals surface area contributed by atoms with Crippen molar-refractivity contribution >= 4 is 5.95 Å². The van der Waals surface area contributed by atoms with Gasteiger partial charge < -0.3 is 4.90 Å². The highest BCUT2D eigenvalue weighted by molar-refractivity contribution is 5.32. The third-order valence-electron chi connectivity index (χ3n) is 5.75. The quantitative estimate of drug-likeness (QED) is 0.777. The van der Waals surface area contributed by atoms with Crippen LogP contribution in [0.25, 0.3) is 0 Å². The summed E-state index contributed by atoms with van der Waals surface area (Å²) < 4.78 is 1.91. The van der Waals surface area contributed by atoms with Crippen molar-refractivity contribution in [2.75, 3.05) is 50.7 Å². The first-order valence-corrected chi connectivity index (χ1v) is 10.0. The second-order valence-corrected chi connectivity index (χ2v) is 7.71. The molecule has 2 aromatic heterocycles. The van der Waals surface area contributed by atoms with E-state index in [-0.39, 0.29) is 0 Å². The third-order valence-corrected chi connectivity index (χ3v) is 5.75. The highest BCUT2D eigenvalue weighted by Gasteiger charge is 2.28. The standard InChI is InChI=1S/C19H30N8/c1-16-13-17(2)23-19(22-16)26-5-3-18(4-6-26)25-10-7-24(8-11-25)9-12-27-15-20-14-21-27/h13-15,18H,3-12H2,1-2H3. The van der Waals surface area contributed by atoms with Gasteiger partial charge in [-0.25, -0.2) is 15.0 Å². The van der Waals surface area contributed by atoms with Crippen LogP contribution in [0, 0.1) is 13.8 Å². The van der Waals surface area contributed by atoms with Crippen LogP contribution >= 0.6 is 0 Å². The molecule has 0 unspecified atom stereocenters. The molecule has 0 atom stereocenters. The minimum Gasteiger partial charge on any atom is -0.341 e. The predicted molar refractivity (Wildman–Crippen MR) is 105 cm³/mol. The Bertz CT molecular complexity index is 695. The molecule has 8 nitrogen and oxygen atoms in total. The molecule has 0 spiro atoms. The van der Waals surface area contributed by atoms with Crippen molar-refractivity contribution < 1.29 is 0 Å². The maximum absolute atomic E-state index is 4.63. The molecule has 0 bridgehead atoms. The maximum atomic E-state index is 4.63. The van der Waals surface area contributed by atoms with Crippen molar-refractivity contribution in [2.24, 2.45) is 0 Å². The first kappa shape index (κ1) is 18.3. The maximum Gasteiger partial charge on any atom is 0.225 e. The summed E-state index contributed by atoms with van der Waals surface area (Å²) in [6.45, 7) is 12.8. The molecule has 2 aliphatic heterocycles. The Morgan fingerprint density at radius 1 is 0.926 bits per heavy atom. The smallest absolute Gasteiger partial charge is 0.225 e. The fraction of sp³-hybridized carbons (Fsp3) is 0.684. The van der Waals surface area contributed by atoms with E-state index in [4.69, 9.17) is 0 Å². The molecule has 0 amide bonds. The molecule has 0 N–H and O–H groups in total. The van der Waals surface area contributed by atoms with Gasteiger partial charge >= 0.3 is 0 Å². The summed E-state index contributed by atoms with van der Waals surface area (Å²) in [4.78, 5) is 20.8. The molecule has 8 heteroatoms. The lowest BCUT2D eigenvalue weighted by Gasteiger charge is -2.42. The van der Waals surface area contributed by atoms with E-state index in [1.807, 2.05) is 24.6 Å². The van der Waals surface area contributed by atoms with E-state index in [1.54, 1.807) is 12.7 Å². The Morgan fingerprint density at radius 3 is 2.26 bits per heavy atom. The second kappa shape index (κ2) is 8.31. The molecule has 4 rings (SSSR count). The average molecular weight is 371 g/mol. The number of aromatic nitrogens is 5. The van der Waals surface area contributed by atoms with Crippen LogP contribution in [0.5, 0.6) is 0 Å². The summed E-state index contributed by atoms with van der Waals surface area (Å²) in [5, 5.41) is 4.19. The van der Waals surface area contributed by atoms with E-state index in [9.17, 15) is 0 Å². The molecule has 0 saturated carbocycles. The number of piperazine rings is 1. The number of nitrogens with zero attached hydrogens (tertiary/aromatic N) is 8. The summed E-state index contributed by atoms with van der Waals surface area (Å²) in [7, 11) is 0. The average Bonchev–Trinajstić information content (AvgIpc) is 3.20. The molecular weight excluding hydrogens is 340 g/mol. The largest absolute Gasteiger partial charge is 0.341 e. The van der Waals surface area contributed by atoms with Crippen molar-refractivity contribution in [3.05, 3.63) is 30.1 Å². The van der Waals surface area contributed by atoms with Gasteiger partial charge in [-0.2, -0.15) is 5.10 Å². The molecular formula is C19H30N8. The minimum atomic E-state index is 0.699. The van der Waals surface area contributed by atoms with Gasteiger partial charge in [0.05, 0.1) is 6.54 Å². The zero-order chi connectivity index (χ0) is 18.6. The fourth-order valence-corrected chi connectivity index (χ4v) is 4.22. The highest BCUT2D eigenvalue weighted by Crippen LogP contribution is 2.21. The van der Waals surface area contributed by atoms with Crippen molar-refractivity contribution in [2.45, 2.75) is 39.3 Å². The second-order valence-electron chi connectivity index (χ2n) is 7.71. The number of anilines is 1. The summed E-state index contributed by atoms with van der Waals surface area (Å²) in [5.74, 6) is 0.906. The monoisotopic (exact) mass is 370 g/mol. The lowest BCUT2D eigenvalue weighted by atomic mass is 10.0. The molecule has 2 saturated heterocycles. The van der Waals surface area contributed by atoms with Gasteiger partial charge in [-0.05, 0) is 32.8 Å². The number of aryl methyl sites for hydroxylation is 2. The lowest BCUT2D eigenvalue weighted by molar-refractivity contribution is 0.0823. The first-order chi connectivity index (χ1) is 13.2. The van der Waals surface area contributed by atoms with Crippen molar-refractivity contribution in [3.8, 4) is 0 Å². The van der Waals surface area contributed by atoms with Crippen molar-refractivity contribution in [3.63, 3.8) is 0 Å². The number of hydrogen-bond donors (Lipinski definition) is 0. The number of rotatable bonds is 5. The van der Waals surface area contributed by atoms with Gasteiger partial charge in [0.1, 0.15) is 12.7 Å². The van der Waals surface area contributed by atoms with E-state index in [2.05, 4.69) is 34.8 Å². The molecule has 2 fully saturated rings. The number of piperidine rings is 1. The third kappa shape index (κ3) is 4.62. The Balaban J connectivity index is 1.22. The van der Waals surface area contributed by atoms with Crippen LogP contribution in [-0.4, -0.2) is 86.4 Å². The van der Waals surface area contributed by atoms with E-state index in [0.717, 1.165) is 56.6 Å². The lowest BCUT2D eigenvalue weighted by Crippen LogP contribution is -2.53. The molecule has 0 radical (unpaired) electrons.